The van der Waals surface area contributed by atoms with E-state index in [0.29, 0.717) is 12.0 Å². The number of nitrogens with two attached hydrogens (primary N) is 1. The van der Waals surface area contributed by atoms with E-state index in [2.05, 4.69) is 0 Å². The first-order valence-corrected chi connectivity index (χ1v) is 5.90. The summed E-state index contributed by atoms with van der Waals surface area (Å²) in [6.07, 6.45) is -0.204. The van der Waals surface area contributed by atoms with Crippen LogP contribution in [0.1, 0.15) is 17.2 Å². The maximum atomic E-state index is 12.8. The van der Waals surface area contributed by atoms with E-state index >= 15 is 0 Å². The standard InChI is InChI=1S/C15H16FNO/c16-13-8-6-12(7-9-13)15(18)14(17)10-11-4-2-1-3-5-11/h1-9,14-15,18H,10,17H2. The number of aliphatic hydroxyl groups is 1. The molecule has 2 aromatic rings. The zero-order valence-electron chi connectivity index (χ0n) is 9.96. The molecule has 0 aliphatic heterocycles. The molecule has 0 radical (unpaired) electrons. The first-order valence-electron chi connectivity index (χ1n) is 5.90. The average Bonchev–Trinajstić information content (AvgIpc) is 2.40. The minimum atomic E-state index is -0.786. The summed E-state index contributed by atoms with van der Waals surface area (Å²) in [6.45, 7) is 0. The second kappa shape index (κ2) is 5.76. The molecule has 18 heavy (non-hydrogen) atoms. The van der Waals surface area contributed by atoms with E-state index in [-0.39, 0.29) is 5.82 Å². The maximum absolute atomic E-state index is 12.8. The normalized spacial score (nSPS) is 14.2. The van der Waals surface area contributed by atoms with Gasteiger partial charge in [0, 0.05) is 6.04 Å². The van der Waals surface area contributed by atoms with Crippen molar-refractivity contribution in [1.29, 1.82) is 0 Å². The summed E-state index contributed by atoms with van der Waals surface area (Å²) >= 11 is 0. The van der Waals surface area contributed by atoms with E-state index in [1.165, 1.54) is 12.1 Å². The molecular formula is C15H16FNO. The van der Waals surface area contributed by atoms with Crippen molar-refractivity contribution in [3.63, 3.8) is 0 Å². The Morgan fingerprint density at radius 2 is 1.61 bits per heavy atom. The van der Waals surface area contributed by atoms with Crippen molar-refractivity contribution < 1.29 is 9.50 Å². The zero-order chi connectivity index (χ0) is 13.0. The number of halogens is 1. The Labute approximate surface area is 106 Å². The first kappa shape index (κ1) is 12.7. The van der Waals surface area contributed by atoms with Gasteiger partial charge in [-0.15, -0.1) is 0 Å². The van der Waals surface area contributed by atoms with Gasteiger partial charge < -0.3 is 10.8 Å². The predicted molar refractivity (Wildman–Crippen MR) is 69.5 cm³/mol. The van der Waals surface area contributed by atoms with Gasteiger partial charge in [-0.1, -0.05) is 42.5 Å². The Bertz CT molecular complexity index is 484. The van der Waals surface area contributed by atoms with Crippen LogP contribution in [-0.2, 0) is 6.42 Å². The van der Waals surface area contributed by atoms with Gasteiger partial charge in [0.25, 0.3) is 0 Å². The van der Waals surface area contributed by atoms with E-state index in [0.717, 1.165) is 5.56 Å². The summed E-state index contributed by atoms with van der Waals surface area (Å²) in [5, 5.41) is 10.1. The fraction of sp³-hybridized carbons (Fsp3) is 0.200. The third-order valence-electron chi connectivity index (χ3n) is 2.93. The molecule has 0 aliphatic carbocycles. The van der Waals surface area contributed by atoms with Crippen LogP contribution in [-0.4, -0.2) is 11.1 Å². The second-order valence-corrected chi connectivity index (χ2v) is 4.35. The predicted octanol–water partition coefficient (Wildman–Crippen LogP) is 2.43. The van der Waals surface area contributed by atoms with Crippen molar-refractivity contribution in [1.82, 2.24) is 0 Å². The number of benzene rings is 2. The Morgan fingerprint density at radius 3 is 2.22 bits per heavy atom. The molecule has 2 rings (SSSR count). The Hall–Kier alpha value is -1.71. The van der Waals surface area contributed by atoms with Crippen LogP contribution in [0.5, 0.6) is 0 Å². The molecule has 2 nitrogen and oxygen atoms in total. The summed E-state index contributed by atoms with van der Waals surface area (Å²) in [6, 6.07) is 15.1. The van der Waals surface area contributed by atoms with Gasteiger partial charge in [-0.05, 0) is 29.7 Å². The lowest BCUT2D eigenvalue weighted by atomic mass is 9.97. The van der Waals surface area contributed by atoms with Crippen LogP contribution in [0, 0.1) is 5.82 Å². The molecule has 0 aromatic heterocycles. The smallest absolute Gasteiger partial charge is 0.123 e. The third-order valence-corrected chi connectivity index (χ3v) is 2.93. The largest absolute Gasteiger partial charge is 0.387 e. The molecule has 2 unspecified atom stereocenters. The molecule has 0 fully saturated rings. The molecule has 0 spiro atoms. The van der Waals surface area contributed by atoms with Crippen LogP contribution in [0.2, 0.25) is 0 Å². The van der Waals surface area contributed by atoms with Gasteiger partial charge in [-0.2, -0.15) is 0 Å². The minimum absolute atomic E-state index is 0.317. The number of hydrogen-bond acceptors (Lipinski definition) is 2. The van der Waals surface area contributed by atoms with Gasteiger partial charge in [-0.25, -0.2) is 4.39 Å². The highest BCUT2D eigenvalue weighted by Crippen LogP contribution is 2.18. The highest BCUT2D eigenvalue weighted by molar-refractivity contribution is 5.22. The molecular weight excluding hydrogens is 229 g/mol. The quantitative estimate of drug-likeness (QED) is 0.869. The molecule has 2 aromatic carbocycles. The molecule has 0 heterocycles. The molecule has 0 saturated heterocycles. The summed E-state index contributed by atoms with van der Waals surface area (Å²) < 4.78 is 12.8. The van der Waals surface area contributed by atoms with E-state index in [4.69, 9.17) is 5.73 Å². The highest BCUT2D eigenvalue weighted by atomic mass is 19.1. The molecule has 0 aliphatic rings. The van der Waals surface area contributed by atoms with Crippen LogP contribution in [0.4, 0.5) is 4.39 Å². The number of rotatable bonds is 4. The van der Waals surface area contributed by atoms with Crippen molar-refractivity contribution in [3.05, 3.63) is 71.5 Å². The second-order valence-electron chi connectivity index (χ2n) is 4.35. The van der Waals surface area contributed by atoms with E-state index in [1.807, 2.05) is 30.3 Å². The van der Waals surface area contributed by atoms with Gasteiger partial charge in [0.15, 0.2) is 0 Å². The Balaban J connectivity index is 2.05. The monoisotopic (exact) mass is 245 g/mol. The Kier molecular flexibility index (Phi) is 4.07. The van der Waals surface area contributed by atoms with Gasteiger partial charge in [0.05, 0.1) is 6.10 Å². The van der Waals surface area contributed by atoms with Crippen LogP contribution < -0.4 is 5.73 Å². The molecule has 3 heteroatoms. The zero-order valence-corrected chi connectivity index (χ0v) is 9.96. The lowest BCUT2D eigenvalue weighted by Gasteiger charge is -2.19. The fourth-order valence-corrected chi connectivity index (χ4v) is 1.91. The van der Waals surface area contributed by atoms with E-state index in [1.54, 1.807) is 12.1 Å². The summed E-state index contributed by atoms with van der Waals surface area (Å²) in [5.41, 5.74) is 7.69. The lowest BCUT2D eigenvalue weighted by molar-refractivity contribution is 0.146. The molecule has 0 saturated carbocycles. The van der Waals surface area contributed by atoms with Gasteiger partial charge in [-0.3, -0.25) is 0 Å². The van der Waals surface area contributed by atoms with Gasteiger partial charge in [0.2, 0.25) is 0 Å². The molecule has 94 valence electrons. The third kappa shape index (κ3) is 3.15. The van der Waals surface area contributed by atoms with Crippen LogP contribution in [0.3, 0.4) is 0 Å². The van der Waals surface area contributed by atoms with Crippen molar-refractivity contribution in [2.24, 2.45) is 5.73 Å². The van der Waals surface area contributed by atoms with E-state index < -0.39 is 12.1 Å². The van der Waals surface area contributed by atoms with Crippen molar-refractivity contribution in [3.8, 4) is 0 Å². The van der Waals surface area contributed by atoms with Crippen LogP contribution >= 0.6 is 0 Å². The van der Waals surface area contributed by atoms with Crippen molar-refractivity contribution >= 4 is 0 Å². The average molecular weight is 245 g/mol. The van der Waals surface area contributed by atoms with Crippen molar-refractivity contribution in [2.75, 3.05) is 0 Å². The maximum Gasteiger partial charge on any atom is 0.123 e. The topological polar surface area (TPSA) is 46.2 Å². The number of hydrogen-bond donors (Lipinski definition) is 2. The lowest BCUT2D eigenvalue weighted by Crippen LogP contribution is -2.30. The molecule has 0 bridgehead atoms. The SMILES string of the molecule is NC(Cc1ccccc1)C(O)c1ccc(F)cc1. The summed E-state index contributed by atoms with van der Waals surface area (Å²) in [7, 11) is 0. The van der Waals surface area contributed by atoms with Gasteiger partial charge >= 0.3 is 0 Å². The highest BCUT2D eigenvalue weighted by Gasteiger charge is 2.17. The Morgan fingerprint density at radius 1 is 1.00 bits per heavy atom. The van der Waals surface area contributed by atoms with Crippen LogP contribution in [0.15, 0.2) is 54.6 Å². The van der Waals surface area contributed by atoms with Crippen LogP contribution in [0.25, 0.3) is 0 Å². The van der Waals surface area contributed by atoms with Crippen molar-refractivity contribution in [2.45, 2.75) is 18.6 Å². The van der Waals surface area contributed by atoms with Gasteiger partial charge in [0.1, 0.15) is 5.82 Å². The summed E-state index contributed by atoms with van der Waals surface area (Å²) in [4.78, 5) is 0. The number of aliphatic hydroxyl groups excluding tert-OH is 1. The summed E-state index contributed by atoms with van der Waals surface area (Å²) in [5.74, 6) is -0.317. The van der Waals surface area contributed by atoms with E-state index in [9.17, 15) is 9.50 Å². The molecule has 3 N–H and O–H groups in total. The first-order chi connectivity index (χ1) is 8.66. The molecule has 2 atom stereocenters. The fourth-order valence-electron chi connectivity index (χ4n) is 1.91. The molecule has 0 amide bonds. The minimum Gasteiger partial charge on any atom is -0.387 e.